The Bertz CT molecular complexity index is 904. The van der Waals surface area contributed by atoms with E-state index >= 15 is 0 Å². The number of unbranched alkanes of at least 4 members (excludes halogenated alkanes) is 2. The zero-order valence-corrected chi connectivity index (χ0v) is 23.0. The number of carbonyl (C=O) groups is 4. The highest BCUT2D eigenvalue weighted by Gasteiger charge is 2.22. The molecule has 0 aliphatic carbocycles. The number of nitrogens with two attached hydrogens (primary N) is 1. The van der Waals surface area contributed by atoms with Gasteiger partial charge in [-0.25, -0.2) is 9.59 Å². The minimum Gasteiger partial charge on any atom is -0.462 e. The standard InChI is InChI=1S/C27H41NO10/c1-6-9-13-33-26(31)37-22-12-11-20(16-23(22)38-27(32)34-14-10-7-2)15-21(28)25(30)36-19(5)17-35-24(29)18(4)8-3/h11-12,16,18-19,21H,6-10,13-15,17,28H2,1-5H3/t18?,19-,21-/m0/s1. The molecule has 2 N–H and O–H groups in total. The quantitative estimate of drug-likeness (QED) is 0.135. The molecule has 1 rings (SSSR count). The van der Waals surface area contributed by atoms with Crippen molar-refractivity contribution < 1.29 is 47.6 Å². The maximum absolute atomic E-state index is 12.5. The molecule has 0 saturated carbocycles. The van der Waals surface area contributed by atoms with Crippen molar-refractivity contribution in [2.45, 2.75) is 85.3 Å². The van der Waals surface area contributed by atoms with Crippen molar-refractivity contribution in [1.82, 2.24) is 0 Å². The Labute approximate surface area is 224 Å². The average molecular weight is 540 g/mol. The van der Waals surface area contributed by atoms with Gasteiger partial charge in [-0.05, 0) is 50.3 Å². The van der Waals surface area contributed by atoms with E-state index in [1.807, 2.05) is 20.8 Å². The van der Waals surface area contributed by atoms with Crippen molar-refractivity contribution in [2.24, 2.45) is 11.7 Å². The molecule has 0 bridgehead atoms. The van der Waals surface area contributed by atoms with Crippen molar-refractivity contribution >= 4 is 24.2 Å². The van der Waals surface area contributed by atoms with Crippen LogP contribution >= 0.6 is 0 Å². The van der Waals surface area contributed by atoms with E-state index in [1.165, 1.54) is 12.1 Å². The van der Waals surface area contributed by atoms with Crippen LogP contribution in [0.15, 0.2) is 18.2 Å². The highest BCUT2D eigenvalue weighted by molar-refractivity contribution is 5.76. The van der Waals surface area contributed by atoms with Gasteiger partial charge < -0.3 is 34.2 Å². The highest BCUT2D eigenvalue weighted by Crippen LogP contribution is 2.30. The number of hydrogen-bond donors (Lipinski definition) is 1. The third-order valence-corrected chi connectivity index (χ3v) is 5.38. The normalized spacial score (nSPS) is 13.0. The van der Waals surface area contributed by atoms with Crippen LogP contribution in [-0.4, -0.2) is 56.2 Å². The summed E-state index contributed by atoms with van der Waals surface area (Å²) in [6.45, 7) is 9.40. The first-order chi connectivity index (χ1) is 18.1. The molecule has 0 radical (unpaired) electrons. The lowest BCUT2D eigenvalue weighted by atomic mass is 10.1. The lowest BCUT2D eigenvalue weighted by Gasteiger charge is -2.18. The van der Waals surface area contributed by atoms with Crippen LogP contribution in [0.5, 0.6) is 11.5 Å². The molecule has 38 heavy (non-hydrogen) atoms. The molecule has 0 spiro atoms. The SMILES string of the molecule is CCCCOC(=O)Oc1ccc(C[C@H](N)C(=O)O[C@@H](C)COC(=O)C(C)CC)cc1OC(=O)OCCCC. The van der Waals surface area contributed by atoms with Crippen LogP contribution in [0.1, 0.15) is 72.3 Å². The Morgan fingerprint density at radius 2 is 1.39 bits per heavy atom. The van der Waals surface area contributed by atoms with E-state index in [2.05, 4.69) is 0 Å². The van der Waals surface area contributed by atoms with Crippen molar-refractivity contribution in [3.05, 3.63) is 23.8 Å². The van der Waals surface area contributed by atoms with Crippen LogP contribution in [0.2, 0.25) is 0 Å². The number of esters is 2. The second kappa shape index (κ2) is 18.0. The molecule has 11 nitrogen and oxygen atoms in total. The molecule has 1 unspecified atom stereocenters. The molecule has 0 aromatic heterocycles. The predicted molar refractivity (Wildman–Crippen MR) is 138 cm³/mol. The van der Waals surface area contributed by atoms with E-state index in [0.29, 0.717) is 24.8 Å². The summed E-state index contributed by atoms with van der Waals surface area (Å²) in [7, 11) is 0. The minimum absolute atomic E-state index is 0.0285. The summed E-state index contributed by atoms with van der Waals surface area (Å²) in [5.41, 5.74) is 6.53. The number of benzene rings is 1. The molecular formula is C27H41NO10. The Morgan fingerprint density at radius 3 is 1.95 bits per heavy atom. The zero-order valence-electron chi connectivity index (χ0n) is 23.0. The summed E-state index contributed by atoms with van der Waals surface area (Å²) in [5.74, 6) is -1.46. The van der Waals surface area contributed by atoms with Gasteiger partial charge in [0.1, 0.15) is 18.8 Å². The largest absolute Gasteiger partial charge is 0.513 e. The first-order valence-electron chi connectivity index (χ1n) is 13.1. The fourth-order valence-electron chi connectivity index (χ4n) is 2.85. The van der Waals surface area contributed by atoms with Gasteiger partial charge in [0.25, 0.3) is 0 Å². The van der Waals surface area contributed by atoms with E-state index in [9.17, 15) is 19.2 Å². The molecule has 11 heteroatoms. The molecule has 0 amide bonds. The third-order valence-electron chi connectivity index (χ3n) is 5.38. The Kier molecular flexibility index (Phi) is 15.5. The fourth-order valence-corrected chi connectivity index (χ4v) is 2.85. The number of ether oxygens (including phenoxy) is 6. The van der Waals surface area contributed by atoms with Crippen LogP contribution < -0.4 is 15.2 Å². The van der Waals surface area contributed by atoms with Crippen LogP contribution in [0.3, 0.4) is 0 Å². The van der Waals surface area contributed by atoms with E-state index in [4.69, 9.17) is 34.2 Å². The minimum atomic E-state index is -1.06. The van der Waals surface area contributed by atoms with Gasteiger partial charge in [-0.15, -0.1) is 0 Å². The van der Waals surface area contributed by atoms with Crippen molar-refractivity contribution in [3.8, 4) is 11.5 Å². The number of rotatable bonds is 16. The van der Waals surface area contributed by atoms with Gasteiger partial charge >= 0.3 is 24.2 Å². The summed E-state index contributed by atoms with van der Waals surface area (Å²) in [6.07, 6.45) is 1.07. The fraction of sp³-hybridized carbons (Fsp3) is 0.630. The lowest BCUT2D eigenvalue weighted by molar-refractivity contribution is -0.160. The Hall–Kier alpha value is -3.34. The molecular weight excluding hydrogens is 498 g/mol. The summed E-state index contributed by atoms with van der Waals surface area (Å²) < 4.78 is 30.9. The van der Waals surface area contributed by atoms with E-state index in [1.54, 1.807) is 19.9 Å². The van der Waals surface area contributed by atoms with Gasteiger partial charge in [-0.2, -0.15) is 0 Å². The van der Waals surface area contributed by atoms with Crippen molar-refractivity contribution in [3.63, 3.8) is 0 Å². The molecule has 0 saturated heterocycles. The van der Waals surface area contributed by atoms with E-state index < -0.39 is 30.4 Å². The van der Waals surface area contributed by atoms with Gasteiger partial charge in [0.15, 0.2) is 11.5 Å². The van der Waals surface area contributed by atoms with E-state index in [-0.39, 0.29) is 49.6 Å². The van der Waals surface area contributed by atoms with Gasteiger partial charge in [-0.3, -0.25) is 9.59 Å². The molecule has 0 aliphatic rings. The van der Waals surface area contributed by atoms with Crippen molar-refractivity contribution in [1.29, 1.82) is 0 Å². The maximum atomic E-state index is 12.5. The Morgan fingerprint density at radius 1 is 0.816 bits per heavy atom. The summed E-state index contributed by atoms with van der Waals surface area (Å²) in [5, 5.41) is 0. The first-order valence-corrected chi connectivity index (χ1v) is 13.1. The van der Waals surface area contributed by atoms with Crippen LogP contribution in [0.4, 0.5) is 9.59 Å². The van der Waals surface area contributed by atoms with Gasteiger partial charge in [0.2, 0.25) is 0 Å². The molecule has 0 aliphatic heterocycles. The van der Waals surface area contributed by atoms with Gasteiger partial charge in [0, 0.05) is 0 Å². The third kappa shape index (κ3) is 12.8. The first kappa shape index (κ1) is 32.7. The lowest BCUT2D eigenvalue weighted by Crippen LogP contribution is -2.37. The summed E-state index contributed by atoms with van der Waals surface area (Å²) >= 11 is 0. The predicted octanol–water partition coefficient (Wildman–Crippen LogP) is 4.71. The van der Waals surface area contributed by atoms with Gasteiger partial charge in [0.05, 0.1) is 19.1 Å². The molecule has 0 fully saturated rings. The maximum Gasteiger partial charge on any atom is 0.513 e. The van der Waals surface area contributed by atoms with E-state index in [0.717, 1.165) is 12.8 Å². The monoisotopic (exact) mass is 539 g/mol. The molecule has 0 heterocycles. The summed E-state index contributed by atoms with van der Waals surface area (Å²) in [4.78, 5) is 48.4. The Balaban J connectivity index is 2.85. The highest BCUT2D eigenvalue weighted by atomic mass is 16.7. The number of carbonyl (C=O) groups excluding carboxylic acids is 4. The second-order valence-corrected chi connectivity index (χ2v) is 8.89. The van der Waals surface area contributed by atoms with Crippen molar-refractivity contribution in [2.75, 3.05) is 19.8 Å². The summed E-state index contributed by atoms with van der Waals surface area (Å²) in [6, 6.07) is 3.33. The van der Waals surface area contributed by atoms with Crippen LogP contribution in [-0.2, 0) is 35.0 Å². The van der Waals surface area contributed by atoms with Crippen LogP contribution in [0, 0.1) is 5.92 Å². The number of hydrogen-bond acceptors (Lipinski definition) is 11. The smallest absolute Gasteiger partial charge is 0.462 e. The van der Waals surface area contributed by atoms with Crippen LogP contribution in [0.25, 0.3) is 0 Å². The molecule has 214 valence electrons. The molecule has 1 aromatic rings. The second-order valence-electron chi connectivity index (χ2n) is 8.89. The zero-order chi connectivity index (χ0) is 28.5. The molecule has 1 aromatic carbocycles. The topological polar surface area (TPSA) is 150 Å². The molecule has 3 atom stereocenters. The van der Waals surface area contributed by atoms with Gasteiger partial charge in [-0.1, -0.05) is 46.6 Å². The average Bonchev–Trinajstić information content (AvgIpc) is 2.88.